The number of likely N-dealkylation sites (N-methyl/N-ethyl adjacent to an activating group) is 2. The number of methoxy groups -OCH3 is 1. The van der Waals surface area contributed by atoms with Gasteiger partial charge < -0.3 is 24.2 Å². The topological polar surface area (TPSA) is 62.3 Å². The van der Waals surface area contributed by atoms with Gasteiger partial charge in [-0.1, -0.05) is 24.3 Å². The van der Waals surface area contributed by atoms with E-state index in [1.54, 1.807) is 12.0 Å². The molecule has 2 atom stereocenters. The smallest absolute Gasteiger partial charge is 0.303 e. The van der Waals surface area contributed by atoms with Gasteiger partial charge in [0.15, 0.2) is 0 Å². The maximum Gasteiger partial charge on any atom is 0.303 e. The summed E-state index contributed by atoms with van der Waals surface area (Å²) in [6, 6.07) is 14.8. The van der Waals surface area contributed by atoms with Crippen LogP contribution in [0.4, 0.5) is 11.4 Å². The Morgan fingerprint density at radius 1 is 1.07 bits per heavy atom. The molecular formula is C23H29N3O4. The standard InChI is InChI=1S/C23H29N3O4/c1-16(27)30-22-21(17-10-12-18(29-5)13-11-17)25(4)19-8-6-7-9-20(19)26(23(22)28)15-14-24(2)3/h6-13,21-22H,14-15H2,1-5H3. The lowest BCUT2D eigenvalue weighted by molar-refractivity contribution is -0.154. The summed E-state index contributed by atoms with van der Waals surface area (Å²) in [7, 11) is 7.46. The van der Waals surface area contributed by atoms with Gasteiger partial charge >= 0.3 is 5.97 Å². The Morgan fingerprint density at radius 3 is 2.27 bits per heavy atom. The predicted octanol–water partition coefficient (Wildman–Crippen LogP) is 2.71. The summed E-state index contributed by atoms with van der Waals surface area (Å²) < 4.78 is 10.9. The van der Waals surface area contributed by atoms with E-state index in [2.05, 4.69) is 0 Å². The number of hydrogen-bond acceptors (Lipinski definition) is 6. The summed E-state index contributed by atoms with van der Waals surface area (Å²) in [4.78, 5) is 31.4. The molecule has 0 N–H and O–H groups in total. The average Bonchev–Trinajstić information content (AvgIpc) is 2.80. The SMILES string of the molecule is COc1ccc(C2C(OC(C)=O)C(=O)N(CCN(C)C)c3ccccc3N2C)cc1. The van der Waals surface area contributed by atoms with E-state index in [4.69, 9.17) is 9.47 Å². The molecule has 7 heteroatoms. The van der Waals surface area contributed by atoms with Crippen molar-refractivity contribution in [2.75, 3.05) is 51.1 Å². The van der Waals surface area contributed by atoms with Crippen molar-refractivity contribution in [2.45, 2.75) is 19.1 Å². The monoisotopic (exact) mass is 411 g/mol. The Kier molecular flexibility index (Phi) is 6.62. The van der Waals surface area contributed by atoms with Crippen molar-refractivity contribution in [1.29, 1.82) is 0 Å². The van der Waals surface area contributed by atoms with Crippen LogP contribution < -0.4 is 14.5 Å². The van der Waals surface area contributed by atoms with Gasteiger partial charge in [0.1, 0.15) is 11.8 Å². The Bertz CT molecular complexity index is 898. The summed E-state index contributed by atoms with van der Waals surface area (Å²) in [6.45, 7) is 2.51. The molecule has 2 unspecified atom stereocenters. The van der Waals surface area contributed by atoms with Crippen LogP contribution in [0, 0.1) is 0 Å². The Morgan fingerprint density at radius 2 is 1.70 bits per heavy atom. The molecule has 160 valence electrons. The molecule has 0 bridgehead atoms. The second-order valence-electron chi connectivity index (χ2n) is 7.64. The van der Waals surface area contributed by atoms with Crippen LogP contribution in [-0.4, -0.2) is 64.2 Å². The summed E-state index contributed by atoms with van der Waals surface area (Å²) >= 11 is 0. The molecule has 0 radical (unpaired) electrons. The van der Waals surface area contributed by atoms with Crippen molar-refractivity contribution in [1.82, 2.24) is 4.90 Å². The minimum Gasteiger partial charge on any atom is -0.497 e. The number of benzene rings is 2. The molecule has 0 saturated heterocycles. The summed E-state index contributed by atoms with van der Waals surface area (Å²) in [5.41, 5.74) is 2.57. The molecule has 1 aliphatic rings. The van der Waals surface area contributed by atoms with Gasteiger partial charge in [-0.3, -0.25) is 9.59 Å². The number of ether oxygens (including phenoxy) is 2. The molecule has 2 aromatic rings. The molecule has 2 aromatic carbocycles. The van der Waals surface area contributed by atoms with Crippen LogP contribution in [0.25, 0.3) is 0 Å². The predicted molar refractivity (Wildman–Crippen MR) is 117 cm³/mol. The first-order valence-corrected chi connectivity index (χ1v) is 9.92. The number of para-hydroxylation sites is 2. The molecule has 30 heavy (non-hydrogen) atoms. The van der Waals surface area contributed by atoms with Crippen LogP contribution in [0.1, 0.15) is 18.5 Å². The zero-order valence-electron chi connectivity index (χ0n) is 18.2. The van der Waals surface area contributed by atoms with E-state index in [-0.39, 0.29) is 5.91 Å². The fourth-order valence-electron chi connectivity index (χ4n) is 3.77. The fraction of sp³-hybridized carbons (Fsp3) is 0.391. The molecule has 1 heterocycles. The van der Waals surface area contributed by atoms with Crippen LogP contribution in [0.15, 0.2) is 48.5 Å². The van der Waals surface area contributed by atoms with Gasteiger partial charge in [-0.15, -0.1) is 0 Å². The van der Waals surface area contributed by atoms with E-state index in [0.29, 0.717) is 13.1 Å². The molecule has 0 saturated carbocycles. The Labute approximate surface area is 177 Å². The molecule has 1 amide bonds. The van der Waals surface area contributed by atoms with Crippen molar-refractivity contribution >= 4 is 23.3 Å². The molecule has 3 rings (SSSR count). The van der Waals surface area contributed by atoms with Crippen LogP contribution in [-0.2, 0) is 14.3 Å². The van der Waals surface area contributed by atoms with Gasteiger partial charge in [-0.2, -0.15) is 0 Å². The second-order valence-corrected chi connectivity index (χ2v) is 7.64. The van der Waals surface area contributed by atoms with Crippen LogP contribution in [0.3, 0.4) is 0 Å². The van der Waals surface area contributed by atoms with E-state index in [1.165, 1.54) is 6.92 Å². The van der Waals surface area contributed by atoms with Crippen molar-refractivity contribution in [3.63, 3.8) is 0 Å². The molecular weight excluding hydrogens is 382 g/mol. The van der Waals surface area contributed by atoms with Gasteiger partial charge in [0, 0.05) is 27.1 Å². The lowest BCUT2D eigenvalue weighted by atomic mass is 9.98. The zero-order valence-corrected chi connectivity index (χ0v) is 18.2. The number of esters is 1. The van der Waals surface area contributed by atoms with Gasteiger partial charge in [-0.05, 0) is 43.9 Å². The van der Waals surface area contributed by atoms with Crippen molar-refractivity contribution in [3.8, 4) is 5.75 Å². The number of anilines is 2. The molecule has 7 nitrogen and oxygen atoms in total. The van der Waals surface area contributed by atoms with Gasteiger partial charge in [-0.25, -0.2) is 0 Å². The minimum absolute atomic E-state index is 0.232. The highest BCUT2D eigenvalue weighted by molar-refractivity contribution is 6.02. The molecule has 0 fully saturated rings. The van der Waals surface area contributed by atoms with Crippen molar-refractivity contribution < 1.29 is 19.1 Å². The van der Waals surface area contributed by atoms with Gasteiger partial charge in [0.05, 0.1) is 18.5 Å². The van der Waals surface area contributed by atoms with Gasteiger partial charge in [0.2, 0.25) is 6.10 Å². The summed E-state index contributed by atoms with van der Waals surface area (Å²) in [5.74, 6) is 0.00171. The quantitative estimate of drug-likeness (QED) is 0.681. The number of hydrogen-bond donors (Lipinski definition) is 0. The summed E-state index contributed by atoms with van der Waals surface area (Å²) in [6.07, 6.45) is -0.976. The van der Waals surface area contributed by atoms with Crippen molar-refractivity contribution in [3.05, 3.63) is 54.1 Å². The first kappa shape index (κ1) is 21.6. The number of rotatable bonds is 6. The summed E-state index contributed by atoms with van der Waals surface area (Å²) in [5, 5.41) is 0. The third kappa shape index (κ3) is 4.41. The number of amides is 1. The van der Waals surface area contributed by atoms with E-state index < -0.39 is 18.1 Å². The number of carbonyl (C=O) groups excluding carboxylic acids is 2. The van der Waals surface area contributed by atoms with Gasteiger partial charge in [0.25, 0.3) is 5.91 Å². The third-order valence-electron chi connectivity index (χ3n) is 5.29. The number of fused-ring (bicyclic) bond motifs is 1. The lowest BCUT2D eigenvalue weighted by Gasteiger charge is -2.33. The first-order valence-electron chi connectivity index (χ1n) is 9.92. The molecule has 0 aromatic heterocycles. The number of nitrogens with zero attached hydrogens (tertiary/aromatic N) is 3. The maximum absolute atomic E-state index is 13.7. The fourth-order valence-corrected chi connectivity index (χ4v) is 3.77. The first-order chi connectivity index (χ1) is 14.3. The third-order valence-corrected chi connectivity index (χ3v) is 5.29. The second kappa shape index (κ2) is 9.17. The molecule has 0 spiro atoms. The van der Waals surface area contributed by atoms with Crippen molar-refractivity contribution in [2.24, 2.45) is 0 Å². The van der Waals surface area contributed by atoms with E-state index in [9.17, 15) is 9.59 Å². The van der Waals surface area contributed by atoms with E-state index >= 15 is 0 Å². The highest BCUT2D eigenvalue weighted by Gasteiger charge is 2.42. The molecule has 0 aliphatic carbocycles. The lowest BCUT2D eigenvalue weighted by Crippen LogP contribution is -2.47. The average molecular weight is 412 g/mol. The van der Waals surface area contributed by atoms with Crippen LogP contribution in [0.2, 0.25) is 0 Å². The van der Waals surface area contributed by atoms with E-state index in [0.717, 1.165) is 22.7 Å². The van der Waals surface area contributed by atoms with E-state index in [1.807, 2.05) is 79.5 Å². The Balaban J connectivity index is 2.13. The molecule has 1 aliphatic heterocycles. The highest BCUT2D eigenvalue weighted by Crippen LogP contribution is 2.40. The minimum atomic E-state index is -0.976. The Hall–Kier alpha value is -3.06. The van der Waals surface area contributed by atoms with Crippen LogP contribution >= 0.6 is 0 Å². The highest BCUT2D eigenvalue weighted by atomic mass is 16.5. The maximum atomic E-state index is 13.7. The zero-order chi connectivity index (χ0) is 21.8. The normalized spacial score (nSPS) is 18.8. The van der Waals surface area contributed by atoms with Crippen LogP contribution in [0.5, 0.6) is 5.75 Å². The number of carbonyl (C=O) groups is 2. The largest absolute Gasteiger partial charge is 0.497 e.